The lowest BCUT2D eigenvalue weighted by atomic mass is 10.1. The van der Waals surface area contributed by atoms with E-state index in [4.69, 9.17) is 4.74 Å². The van der Waals surface area contributed by atoms with Gasteiger partial charge in [0.1, 0.15) is 10.6 Å². The number of guanidine groups is 1. The van der Waals surface area contributed by atoms with E-state index in [1.165, 1.54) is 4.88 Å². The molecule has 1 heterocycles. The number of nitrogens with one attached hydrogen (secondary N) is 3. The van der Waals surface area contributed by atoms with Gasteiger partial charge in [-0.1, -0.05) is 20.3 Å². The first-order chi connectivity index (χ1) is 12.8. The number of ether oxygens (including phenoxy) is 1. The van der Waals surface area contributed by atoms with E-state index in [0.29, 0.717) is 13.1 Å². The van der Waals surface area contributed by atoms with Crippen LogP contribution in [-0.2, 0) is 17.7 Å². The molecule has 1 aromatic heterocycles. The lowest BCUT2D eigenvalue weighted by Crippen LogP contribution is -2.48. The SMILES string of the molecule is CCCC(CNC(=NCc1ncc(CC)s1)NCC)NC(=O)OC(C)(C)C.I. The average Bonchev–Trinajstić information content (AvgIpc) is 3.03. The van der Waals surface area contributed by atoms with Gasteiger partial charge in [0.05, 0.1) is 6.54 Å². The van der Waals surface area contributed by atoms with E-state index in [1.54, 1.807) is 11.3 Å². The van der Waals surface area contributed by atoms with Crippen LogP contribution in [0.2, 0.25) is 0 Å². The monoisotopic (exact) mass is 525 g/mol. The second-order valence-corrected chi connectivity index (χ2v) is 8.48. The summed E-state index contributed by atoms with van der Waals surface area (Å²) in [6.45, 7) is 13.7. The van der Waals surface area contributed by atoms with Gasteiger partial charge in [0.25, 0.3) is 0 Å². The first-order valence-electron chi connectivity index (χ1n) is 9.72. The standard InChI is InChI=1S/C19H35N5O2S.HI/c1-7-10-14(24-18(25)26-19(4,5)6)11-22-17(20-9-3)23-13-16-21-12-15(8-2)27-16;/h12,14H,7-11,13H2,1-6H3,(H,24,25)(H2,20,22,23);1H. The van der Waals surface area contributed by atoms with Crippen molar-refractivity contribution >= 4 is 47.4 Å². The number of nitrogens with zero attached hydrogens (tertiary/aromatic N) is 2. The second kappa shape index (κ2) is 14.0. The topological polar surface area (TPSA) is 87.6 Å². The summed E-state index contributed by atoms with van der Waals surface area (Å²) < 4.78 is 5.36. The first-order valence-corrected chi connectivity index (χ1v) is 10.5. The molecule has 28 heavy (non-hydrogen) atoms. The molecule has 3 N–H and O–H groups in total. The lowest BCUT2D eigenvalue weighted by molar-refractivity contribution is 0.0502. The molecule has 0 aliphatic heterocycles. The molecule has 1 rings (SSSR count). The van der Waals surface area contributed by atoms with Crippen LogP contribution in [0.5, 0.6) is 0 Å². The van der Waals surface area contributed by atoms with Gasteiger partial charge < -0.3 is 20.7 Å². The number of hydrogen-bond donors (Lipinski definition) is 3. The molecule has 1 unspecified atom stereocenters. The van der Waals surface area contributed by atoms with Crippen LogP contribution in [0.1, 0.15) is 64.3 Å². The van der Waals surface area contributed by atoms with Crippen LogP contribution < -0.4 is 16.0 Å². The van der Waals surface area contributed by atoms with Gasteiger partial charge >= 0.3 is 6.09 Å². The second-order valence-electron chi connectivity index (χ2n) is 7.28. The largest absolute Gasteiger partial charge is 0.444 e. The highest BCUT2D eigenvalue weighted by Crippen LogP contribution is 2.14. The van der Waals surface area contributed by atoms with E-state index in [9.17, 15) is 4.79 Å². The number of carbonyl (C=O) groups is 1. The molecule has 0 bridgehead atoms. The maximum absolute atomic E-state index is 12.0. The average molecular weight is 526 g/mol. The van der Waals surface area contributed by atoms with E-state index in [0.717, 1.165) is 36.8 Å². The van der Waals surface area contributed by atoms with Crippen LogP contribution in [0.25, 0.3) is 0 Å². The molecule has 1 atom stereocenters. The van der Waals surface area contributed by atoms with Gasteiger partial charge in [-0.25, -0.2) is 14.8 Å². The van der Waals surface area contributed by atoms with Crippen LogP contribution >= 0.6 is 35.3 Å². The van der Waals surface area contributed by atoms with Crippen molar-refractivity contribution in [3.63, 3.8) is 0 Å². The number of amides is 1. The molecule has 1 aromatic rings. The van der Waals surface area contributed by atoms with Crippen LogP contribution in [0, 0.1) is 0 Å². The molecule has 0 fully saturated rings. The van der Waals surface area contributed by atoms with Gasteiger partial charge in [0, 0.05) is 30.2 Å². The Kier molecular flexibility index (Phi) is 13.4. The van der Waals surface area contributed by atoms with Crippen molar-refractivity contribution in [1.82, 2.24) is 20.9 Å². The summed E-state index contributed by atoms with van der Waals surface area (Å²) in [6.07, 6.45) is 4.35. The minimum atomic E-state index is -0.504. The highest BCUT2D eigenvalue weighted by molar-refractivity contribution is 14.0. The van der Waals surface area contributed by atoms with Crippen LogP contribution in [0.3, 0.4) is 0 Å². The minimum absolute atomic E-state index is 0. The highest BCUT2D eigenvalue weighted by Gasteiger charge is 2.19. The van der Waals surface area contributed by atoms with E-state index in [-0.39, 0.29) is 36.1 Å². The van der Waals surface area contributed by atoms with Crippen molar-refractivity contribution in [2.24, 2.45) is 4.99 Å². The third kappa shape index (κ3) is 11.7. The summed E-state index contributed by atoms with van der Waals surface area (Å²) in [6, 6.07) is -0.0275. The number of aliphatic imine (C=N–C) groups is 1. The molecule has 9 heteroatoms. The van der Waals surface area contributed by atoms with E-state index >= 15 is 0 Å². The number of thiazole rings is 1. The fourth-order valence-corrected chi connectivity index (χ4v) is 3.13. The van der Waals surface area contributed by atoms with Gasteiger partial charge in [0.2, 0.25) is 0 Å². The van der Waals surface area contributed by atoms with Crippen LogP contribution in [0.15, 0.2) is 11.2 Å². The van der Waals surface area contributed by atoms with Crippen molar-refractivity contribution in [3.8, 4) is 0 Å². The Hall–Kier alpha value is -1.10. The zero-order valence-electron chi connectivity index (χ0n) is 17.9. The Balaban J connectivity index is 0.00000729. The van der Waals surface area contributed by atoms with Gasteiger partial charge in [0.15, 0.2) is 5.96 Å². The van der Waals surface area contributed by atoms with Gasteiger partial charge in [-0.05, 0) is 40.5 Å². The molecule has 0 aliphatic carbocycles. The summed E-state index contributed by atoms with van der Waals surface area (Å²) in [5, 5.41) is 10.5. The fourth-order valence-electron chi connectivity index (χ4n) is 2.34. The number of hydrogen-bond acceptors (Lipinski definition) is 5. The molecule has 0 spiro atoms. The number of halogens is 1. The maximum Gasteiger partial charge on any atom is 0.407 e. The smallest absolute Gasteiger partial charge is 0.407 e. The summed E-state index contributed by atoms with van der Waals surface area (Å²) in [4.78, 5) is 22.3. The van der Waals surface area contributed by atoms with E-state index in [1.807, 2.05) is 33.9 Å². The Bertz CT molecular complexity index is 601. The third-order valence-corrected chi connectivity index (χ3v) is 4.67. The summed E-state index contributed by atoms with van der Waals surface area (Å²) >= 11 is 1.69. The van der Waals surface area contributed by atoms with Crippen molar-refractivity contribution < 1.29 is 9.53 Å². The van der Waals surface area contributed by atoms with Crippen molar-refractivity contribution in [2.75, 3.05) is 13.1 Å². The molecule has 162 valence electrons. The highest BCUT2D eigenvalue weighted by atomic mass is 127. The normalized spacial score (nSPS) is 12.7. The van der Waals surface area contributed by atoms with Gasteiger partial charge in [-0.15, -0.1) is 35.3 Å². The van der Waals surface area contributed by atoms with Crippen molar-refractivity contribution in [3.05, 3.63) is 16.1 Å². The van der Waals surface area contributed by atoms with E-state index in [2.05, 4.69) is 39.8 Å². The summed E-state index contributed by atoms with van der Waals surface area (Å²) in [5.41, 5.74) is -0.504. The Morgan fingerprint density at radius 3 is 2.54 bits per heavy atom. The molecular weight excluding hydrogens is 489 g/mol. The molecule has 7 nitrogen and oxygen atoms in total. The molecule has 0 aromatic carbocycles. The Labute approximate surface area is 190 Å². The molecule has 0 radical (unpaired) electrons. The molecule has 0 aliphatic rings. The van der Waals surface area contributed by atoms with Gasteiger partial charge in [-0.3, -0.25) is 0 Å². The third-order valence-electron chi connectivity index (χ3n) is 3.54. The number of rotatable bonds is 9. The molecule has 1 amide bonds. The van der Waals surface area contributed by atoms with E-state index < -0.39 is 5.60 Å². The summed E-state index contributed by atoms with van der Waals surface area (Å²) in [5.74, 6) is 0.720. The molecular formula is C19H36IN5O2S. The Morgan fingerprint density at radius 2 is 2.00 bits per heavy atom. The molecule has 0 saturated heterocycles. The maximum atomic E-state index is 12.0. The predicted molar refractivity (Wildman–Crippen MR) is 128 cm³/mol. The molecule has 0 saturated carbocycles. The quantitative estimate of drug-likeness (QED) is 0.257. The zero-order chi connectivity index (χ0) is 20.3. The zero-order valence-corrected chi connectivity index (χ0v) is 21.1. The van der Waals surface area contributed by atoms with Crippen molar-refractivity contribution in [2.45, 2.75) is 79.0 Å². The summed E-state index contributed by atoms with van der Waals surface area (Å²) in [7, 11) is 0. The Morgan fingerprint density at radius 1 is 1.29 bits per heavy atom. The van der Waals surface area contributed by atoms with Gasteiger partial charge in [-0.2, -0.15) is 0 Å². The predicted octanol–water partition coefficient (Wildman–Crippen LogP) is 4.07. The first kappa shape index (κ1) is 26.9. The number of aromatic nitrogens is 1. The number of alkyl carbamates (subject to hydrolysis) is 1. The van der Waals surface area contributed by atoms with Crippen LogP contribution in [-0.4, -0.2) is 41.8 Å². The van der Waals surface area contributed by atoms with Crippen molar-refractivity contribution in [1.29, 1.82) is 0 Å². The minimum Gasteiger partial charge on any atom is -0.444 e. The van der Waals surface area contributed by atoms with Crippen LogP contribution in [0.4, 0.5) is 4.79 Å². The fraction of sp³-hybridized carbons (Fsp3) is 0.737. The lowest BCUT2D eigenvalue weighted by Gasteiger charge is -2.24. The number of aryl methyl sites for hydroxylation is 1. The number of carbonyl (C=O) groups excluding carboxylic acids is 1.